The first-order valence-electron chi connectivity index (χ1n) is 8.96. The monoisotopic (exact) mass is 355 g/mol. The van der Waals surface area contributed by atoms with Gasteiger partial charge in [-0.05, 0) is 37.6 Å². The highest BCUT2D eigenvalue weighted by Gasteiger charge is 2.21. The van der Waals surface area contributed by atoms with E-state index < -0.39 is 0 Å². The minimum Gasteiger partial charge on any atom is -0.320 e. The van der Waals surface area contributed by atoms with Crippen LogP contribution in [-0.4, -0.2) is 20.0 Å². The first-order valence-corrected chi connectivity index (χ1v) is 8.96. The number of carbonyl (C=O) groups is 1. The number of fused-ring (bicyclic) bond motifs is 3. The maximum absolute atomic E-state index is 13.1. The van der Waals surface area contributed by atoms with Crippen molar-refractivity contribution in [3.8, 4) is 0 Å². The molecule has 0 aliphatic heterocycles. The van der Waals surface area contributed by atoms with E-state index in [0.717, 1.165) is 27.9 Å². The molecular weight excluding hydrogens is 334 g/mol. The smallest absolute Gasteiger partial charge is 0.191 e. The van der Waals surface area contributed by atoms with Crippen molar-refractivity contribution in [3.05, 3.63) is 89.6 Å². The van der Waals surface area contributed by atoms with E-state index in [9.17, 15) is 4.79 Å². The molecule has 0 aliphatic carbocycles. The maximum atomic E-state index is 13.1. The summed E-state index contributed by atoms with van der Waals surface area (Å²) in [6, 6.07) is 16.1. The molecule has 0 fully saturated rings. The van der Waals surface area contributed by atoms with E-state index in [0.29, 0.717) is 12.1 Å². The van der Waals surface area contributed by atoms with Gasteiger partial charge in [-0.2, -0.15) is 5.10 Å². The van der Waals surface area contributed by atoms with Crippen LogP contribution in [0.1, 0.15) is 27.2 Å². The van der Waals surface area contributed by atoms with Crippen LogP contribution >= 0.6 is 0 Å². The van der Waals surface area contributed by atoms with Gasteiger partial charge in [-0.25, -0.2) is 4.52 Å². The van der Waals surface area contributed by atoms with Crippen molar-refractivity contribution < 1.29 is 4.79 Å². The predicted molar refractivity (Wildman–Crippen MR) is 110 cm³/mol. The SMILES string of the molecule is C=CCn1c2ccccc2n2nc(C)c(C(=O)/C=C/c3cccc(C)c3)c12. The molecule has 4 rings (SSSR count). The molecular formula is C23H21N3O. The molecule has 4 aromatic rings. The van der Waals surface area contributed by atoms with Crippen molar-refractivity contribution in [2.75, 3.05) is 0 Å². The van der Waals surface area contributed by atoms with E-state index in [4.69, 9.17) is 0 Å². The summed E-state index contributed by atoms with van der Waals surface area (Å²) in [6.45, 7) is 8.40. The molecule has 0 amide bonds. The van der Waals surface area contributed by atoms with Gasteiger partial charge in [0.15, 0.2) is 5.78 Å². The molecule has 0 saturated carbocycles. The van der Waals surface area contributed by atoms with Crippen LogP contribution in [0.15, 0.2) is 67.3 Å². The van der Waals surface area contributed by atoms with Crippen LogP contribution in [0.4, 0.5) is 0 Å². The molecule has 27 heavy (non-hydrogen) atoms. The van der Waals surface area contributed by atoms with E-state index in [1.165, 1.54) is 5.56 Å². The first-order chi connectivity index (χ1) is 13.1. The number of hydrogen-bond donors (Lipinski definition) is 0. The fourth-order valence-electron chi connectivity index (χ4n) is 3.55. The zero-order chi connectivity index (χ0) is 19.0. The number of hydrogen-bond acceptors (Lipinski definition) is 2. The van der Waals surface area contributed by atoms with Crippen LogP contribution in [0, 0.1) is 13.8 Å². The molecule has 0 saturated heterocycles. The fourth-order valence-corrected chi connectivity index (χ4v) is 3.55. The molecule has 0 aliphatic rings. The van der Waals surface area contributed by atoms with Crippen LogP contribution in [0.3, 0.4) is 0 Å². The average Bonchev–Trinajstić information content (AvgIpc) is 3.14. The largest absolute Gasteiger partial charge is 0.320 e. The summed E-state index contributed by atoms with van der Waals surface area (Å²) in [5.74, 6) is -0.0443. The number of aromatic nitrogens is 3. The van der Waals surface area contributed by atoms with Crippen molar-refractivity contribution in [2.45, 2.75) is 20.4 Å². The van der Waals surface area contributed by atoms with Crippen molar-refractivity contribution in [1.29, 1.82) is 0 Å². The highest BCUT2D eigenvalue weighted by atomic mass is 16.1. The minimum atomic E-state index is -0.0443. The second kappa shape index (κ2) is 6.72. The summed E-state index contributed by atoms with van der Waals surface area (Å²) in [7, 11) is 0. The number of para-hydroxylation sites is 2. The second-order valence-electron chi connectivity index (χ2n) is 6.70. The lowest BCUT2D eigenvalue weighted by Crippen LogP contribution is -2.02. The van der Waals surface area contributed by atoms with Gasteiger partial charge in [-0.15, -0.1) is 6.58 Å². The lowest BCUT2D eigenvalue weighted by molar-refractivity contribution is 0.104. The Morgan fingerprint density at radius 2 is 1.89 bits per heavy atom. The van der Waals surface area contributed by atoms with Crippen LogP contribution in [0.2, 0.25) is 0 Å². The molecule has 2 aromatic carbocycles. The fraction of sp³-hybridized carbons (Fsp3) is 0.130. The molecule has 134 valence electrons. The van der Waals surface area contributed by atoms with Gasteiger partial charge in [0.1, 0.15) is 5.65 Å². The minimum absolute atomic E-state index is 0.0443. The van der Waals surface area contributed by atoms with E-state index in [1.807, 2.05) is 73.0 Å². The zero-order valence-corrected chi connectivity index (χ0v) is 15.5. The number of ketones is 1. The molecule has 0 bridgehead atoms. The second-order valence-corrected chi connectivity index (χ2v) is 6.70. The third-order valence-corrected chi connectivity index (χ3v) is 4.72. The molecule has 0 spiro atoms. The van der Waals surface area contributed by atoms with Crippen LogP contribution in [0.5, 0.6) is 0 Å². The van der Waals surface area contributed by atoms with Crippen molar-refractivity contribution in [1.82, 2.24) is 14.2 Å². The maximum Gasteiger partial charge on any atom is 0.191 e. The predicted octanol–water partition coefficient (Wildman–Crippen LogP) is 4.99. The van der Waals surface area contributed by atoms with E-state index in [2.05, 4.69) is 22.3 Å². The lowest BCUT2D eigenvalue weighted by Gasteiger charge is -2.03. The number of aryl methyl sites for hydroxylation is 2. The van der Waals surface area contributed by atoms with Gasteiger partial charge in [0.25, 0.3) is 0 Å². The van der Waals surface area contributed by atoms with E-state index >= 15 is 0 Å². The Kier molecular flexibility index (Phi) is 4.24. The Hall–Kier alpha value is -3.40. The van der Waals surface area contributed by atoms with Gasteiger partial charge in [0, 0.05) is 6.54 Å². The van der Waals surface area contributed by atoms with Gasteiger partial charge >= 0.3 is 0 Å². The average molecular weight is 355 g/mol. The Labute approximate surface area is 158 Å². The Morgan fingerprint density at radius 1 is 1.11 bits per heavy atom. The van der Waals surface area contributed by atoms with Crippen LogP contribution in [0.25, 0.3) is 22.8 Å². The topological polar surface area (TPSA) is 39.3 Å². The number of imidazole rings is 1. The molecule has 0 radical (unpaired) electrons. The van der Waals surface area contributed by atoms with E-state index in [1.54, 1.807) is 6.08 Å². The van der Waals surface area contributed by atoms with Crippen molar-refractivity contribution >= 4 is 28.5 Å². The summed E-state index contributed by atoms with van der Waals surface area (Å²) in [5.41, 5.74) is 6.38. The van der Waals surface area contributed by atoms with Crippen LogP contribution in [-0.2, 0) is 6.54 Å². The molecule has 0 N–H and O–H groups in total. The van der Waals surface area contributed by atoms with Gasteiger partial charge in [0.2, 0.25) is 0 Å². The van der Waals surface area contributed by atoms with Crippen LogP contribution < -0.4 is 0 Å². The van der Waals surface area contributed by atoms with Crippen molar-refractivity contribution in [2.24, 2.45) is 0 Å². The van der Waals surface area contributed by atoms with E-state index in [-0.39, 0.29) is 5.78 Å². The number of benzene rings is 2. The summed E-state index contributed by atoms with van der Waals surface area (Å²) in [4.78, 5) is 13.1. The Balaban J connectivity index is 1.87. The zero-order valence-electron chi connectivity index (χ0n) is 15.5. The highest BCUT2D eigenvalue weighted by Crippen LogP contribution is 2.26. The summed E-state index contributed by atoms with van der Waals surface area (Å²) in [6.07, 6.45) is 5.33. The molecule has 0 atom stereocenters. The lowest BCUT2D eigenvalue weighted by atomic mass is 10.1. The molecule has 2 aromatic heterocycles. The Bertz CT molecular complexity index is 1210. The number of allylic oxidation sites excluding steroid dienone is 2. The van der Waals surface area contributed by atoms with Crippen molar-refractivity contribution in [3.63, 3.8) is 0 Å². The number of rotatable bonds is 5. The summed E-state index contributed by atoms with van der Waals surface area (Å²) < 4.78 is 3.96. The third-order valence-electron chi connectivity index (χ3n) is 4.72. The van der Waals surface area contributed by atoms with Gasteiger partial charge in [-0.3, -0.25) is 4.79 Å². The summed E-state index contributed by atoms with van der Waals surface area (Å²) in [5, 5.41) is 4.64. The van der Waals surface area contributed by atoms with Gasteiger partial charge in [-0.1, -0.05) is 54.1 Å². The number of nitrogens with zero attached hydrogens (tertiary/aromatic N) is 3. The van der Waals surface area contributed by atoms with Gasteiger partial charge in [0.05, 0.1) is 22.3 Å². The summed E-state index contributed by atoms with van der Waals surface area (Å²) >= 11 is 0. The third kappa shape index (κ3) is 2.89. The van der Waals surface area contributed by atoms with Gasteiger partial charge < -0.3 is 4.57 Å². The normalized spacial score (nSPS) is 11.6. The Morgan fingerprint density at radius 3 is 2.63 bits per heavy atom. The number of carbonyl (C=O) groups excluding carboxylic acids is 1. The quantitative estimate of drug-likeness (QED) is 0.287. The molecule has 2 heterocycles. The first kappa shape index (κ1) is 17.0. The molecule has 0 unspecified atom stereocenters. The standard InChI is InChI=1S/C23H21N3O/c1-4-14-25-19-10-5-6-11-20(19)26-23(25)22(17(3)24-26)21(27)13-12-18-9-7-8-16(2)15-18/h4-13,15H,1,14H2,2-3H3/b13-12+. The molecule has 4 nitrogen and oxygen atoms in total. The highest BCUT2D eigenvalue weighted by molar-refractivity contribution is 6.12. The molecule has 4 heteroatoms.